The third-order valence-electron chi connectivity index (χ3n) is 3.98. The quantitative estimate of drug-likeness (QED) is 0.599. The Morgan fingerprint density at radius 1 is 1.14 bits per heavy atom. The van der Waals surface area contributed by atoms with Gasteiger partial charge in [0, 0.05) is 12.3 Å². The smallest absolute Gasteiger partial charge is 0.0917 e. The van der Waals surface area contributed by atoms with Crippen LogP contribution in [0.25, 0.3) is 0 Å². The van der Waals surface area contributed by atoms with E-state index in [-0.39, 0.29) is 1.43 Å². The maximum Gasteiger partial charge on any atom is 0.0917 e. The van der Waals surface area contributed by atoms with Crippen molar-refractivity contribution >= 4 is 0 Å². The van der Waals surface area contributed by atoms with Crippen LogP contribution in [0.1, 0.15) is 41.5 Å². The first-order valence-electron chi connectivity index (χ1n) is 6.13. The minimum atomic E-state index is 0. The highest BCUT2D eigenvalue weighted by Gasteiger charge is 2.38. The van der Waals surface area contributed by atoms with Gasteiger partial charge in [-0.3, -0.25) is 0 Å². The number of nitrogens with zero attached hydrogens (tertiary/aromatic N) is 1. The summed E-state index contributed by atoms with van der Waals surface area (Å²) in [5.74, 6) is 2.73. The molecule has 0 aliphatic heterocycles. The summed E-state index contributed by atoms with van der Waals surface area (Å²) in [4.78, 5) is 0. The van der Waals surface area contributed by atoms with Gasteiger partial charge in [-0.15, -0.1) is 0 Å². The Hall–Kier alpha value is -0.0400. The first-order chi connectivity index (χ1) is 6.32. The van der Waals surface area contributed by atoms with E-state index in [0.29, 0.717) is 0 Å². The van der Waals surface area contributed by atoms with Crippen LogP contribution in [0.5, 0.6) is 0 Å². The molecule has 0 bridgehead atoms. The minimum Gasteiger partial charge on any atom is -1.00 e. The number of quaternary nitrogens is 1. The van der Waals surface area contributed by atoms with Crippen molar-refractivity contribution in [3.05, 3.63) is 0 Å². The first kappa shape index (κ1) is 12.0. The molecule has 1 heteroatoms. The third-order valence-corrected chi connectivity index (χ3v) is 3.98. The van der Waals surface area contributed by atoms with E-state index < -0.39 is 0 Å². The molecular weight excluding hydrogens is 170 g/mol. The van der Waals surface area contributed by atoms with E-state index in [4.69, 9.17) is 0 Å². The van der Waals surface area contributed by atoms with E-state index >= 15 is 0 Å². The molecule has 0 aromatic heterocycles. The molecule has 14 heavy (non-hydrogen) atoms. The molecule has 1 aliphatic carbocycles. The van der Waals surface area contributed by atoms with Gasteiger partial charge in [-0.1, -0.05) is 20.8 Å². The van der Waals surface area contributed by atoms with Crippen LogP contribution < -0.4 is 0 Å². The second-order valence-electron chi connectivity index (χ2n) is 6.51. The van der Waals surface area contributed by atoms with Crippen LogP contribution in [0.4, 0.5) is 0 Å². The number of hydrogen-bond donors (Lipinski definition) is 0. The van der Waals surface area contributed by atoms with Gasteiger partial charge in [0.15, 0.2) is 0 Å². The van der Waals surface area contributed by atoms with Crippen LogP contribution in [0, 0.1) is 17.8 Å². The third kappa shape index (κ3) is 2.73. The van der Waals surface area contributed by atoms with Gasteiger partial charge in [-0.05, 0) is 24.7 Å². The van der Waals surface area contributed by atoms with Crippen LogP contribution in [0.3, 0.4) is 0 Å². The van der Waals surface area contributed by atoms with Crippen molar-refractivity contribution in [2.75, 3.05) is 21.1 Å². The fraction of sp³-hybridized carbons (Fsp3) is 1.00. The zero-order chi connectivity index (χ0) is 10.9. The van der Waals surface area contributed by atoms with Crippen LogP contribution in [0.15, 0.2) is 0 Å². The van der Waals surface area contributed by atoms with Gasteiger partial charge in [-0.25, -0.2) is 0 Å². The van der Waals surface area contributed by atoms with Crippen molar-refractivity contribution in [2.24, 2.45) is 17.8 Å². The van der Waals surface area contributed by atoms with Crippen molar-refractivity contribution in [3.63, 3.8) is 0 Å². The lowest BCUT2D eigenvalue weighted by Gasteiger charge is -2.45. The molecule has 1 nitrogen and oxygen atoms in total. The van der Waals surface area contributed by atoms with Gasteiger partial charge in [0.25, 0.3) is 0 Å². The average molecular weight is 199 g/mol. The standard InChI is InChI=1S/C13H28N.H/c1-10(2)12-8-7-11(3)9-13(12)14(4,5)6;/h10-13H,7-9H2,1-6H3;/q+1;-1. The maximum atomic E-state index is 2.42. The summed E-state index contributed by atoms with van der Waals surface area (Å²) >= 11 is 0. The van der Waals surface area contributed by atoms with Crippen LogP contribution in [-0.2, 0) is 0 Å². The predicted molar refractivity (Wildman–Crippen MR) is 64.3 cm³/mol. The Bertz CT molecular complexity index is 183. The van der Waals surface area contributed by atoms with Crippen LogP contribution in [0.2, 0.25) is 0 Å². The van der Waals surface area contributed by atoms with Gasteiger partial charge < -0.3 is 5.91 Å². The van der Waals surface area contributed by atoms with Crippen molar-refractivity contribution in [3.8, 4) is 0 Å². The minimum absolute atomic E-state index is 0. The Balaban J connectivity index is 0.00000196. The monoisotopic (exact) mass is 199 g/mol. The van der Waals surface area contributed by atoms with E-state index in [1.165, 1.54) is 19.3 Å². The Kier molecular flexibility index (Phi) is 3.63. The normalized spacial score (nSPS) is 34.9. The molecule has 0 saturated heterocycles. The summed E-state index contributed by atoms with van der Waals surface area (Å²) in [6.07, 6.45) is 4.31. The second kappa shape index (κ2) is 4.22. The Morgan fingerprint density at radius 2 is 1.71 bits per heavy atom. The first-order valence-corrected chi connectivity index (χ1v) is 6.13. The fourth-order valence-electron chi connectivity index (χ4n) is 3.04. The largest absolute Gasteiger partial charge is 1.00 e. The molecule has 86 valence electrons. The highest BCUT2D eigenvalue weighted by atomic mass is 15.3. The van der Waals surface area contributed by atoms with Crippen molar-refractivity contribution in [1.29, 1.82) is 0 Å². The molecule has 0 aromatic carbocycles. The Labute approximate surface area is 91.6 Å². The summed E-state index contributed by atoms with van der Waals surface area (Å²) < 4.78 is 1.15. The highest BCUT2D eigenvalue weighted by Crippen LogP contribution is 2.37. The van der Waals surface area contributed by atoms with Crippen molar-refractivity contribution in [1.82, 2.24) is 0 Å². The van der Waals surface area contributed by atoms with Gasteiger partial charge in [0.05, 0.1) is 27.2 Å². The maximum absolute atomic E-state index is 2.42. The molecule has 1 saturated carbocycles. The molecule has 1 fully saturated rings. The van der Waals surface area contributed by atoms with Crippen molar-refractivity contribution in [2.45, 2.75) is 46.1 Å². The molecule has 0 aromatic rings. The van der Waals surface area contributed by atoms with Crippen LogP contribution in [-0.4, -0.2) is 31.7 Å². The second-order valence-corrected chi connectivity index (χ2v) is 6.51. The van der Waals surface area contributed by atoms with E-state index in [1.807, 2.05) is 0 Å². The molecule has 3 atom stereocenters. The van der Waals surface area contributed by atoms with E-state index in [2.05, 4.69) is 41.9 Å². The molecule has 1 aliphatic rings. The van der Waals surface area contributed by atoms with E-state index in [1.54, 1.807) is 0 Å². The van der Waals surface area contributed by atoms with E-state index in [0.717, 1.165) is 28.3 Å². The fourth-order valence-corrected chi connectivity index (χ4v) is 3.04. The van der Waals surface area contributed by atoms with Crippen molar-refractivity contribution < 1.29 is 5.91 Å². The van der Waals surface area contributed by atoms with Gasteiger partial charge in [0.1, 0.15) is 0 Å². The lowest BCUT2D eigenvalue weighted by atomic mass is 9.73. The lowest BCUT2D eigenvalue weighted by Crippen LogP contribution is -2.52. The van der Waals surface area contributed by atoms with Gasteiger partial charge in [-0.2, -0.15) is 0 Å². The van der Waals surface area contributed by atoms with Gasteiger partial charge in [0.2, 0.25) is 0 Å². The lowest BCUT2D eigenvalue weighted by molar-refractivity contribution is -0.902. The topological polar surface area (TPSA) is 0 Å². The Morgan fingerprint density at radius 3 is 2.14 bits per heavy atom. The molecule has 0 heterocycles. The molecule has 1 rings (SSSR count). The zero-order valence-electron chi connectivity index (χ0n) is 11.9. The van der Waals surface area contributed by atoms with Crippen LogP contribution >= 0.6 is 0 Å². The molecule has 0 spiro atoms. The summed E-state index contributed by atoms with van der Waals surface area (Å²) in [7, 11) is 7.08. The van der Waals surface area contributed by atoms with E-state index in [9.17, 15) is 0 Å². The summed E-state index contributed by atoms with van der Waals surface area (Å²) in [5.41, 5.74) is 0. The highest BCUT2D eigenvalue weighted by molar-refractivity contribution is 4.81. The molecule has 0 radical (unpaired) electrons. The zero-order valence-corrected chi connectivity index (χ0v) is 10.9. The average Bonchev–Trinajstić information content (AvgIpc) is 2.01. The molecule has 0 amide bonds. The summed E-state index contributed by atoms with van der Waals surface area (Å²) in [6.45, 7) is 7.20. The number of rotatable bonds is 2. The summed E-state index contributed by atoms with van der Waals surface area (Å²) in [6, 6.07) is 0.874. The predicted octanol–water partition coefficient (Wildman–Crippen LogP) is 3.27. The molecular formula is C13H29N. The molecule has 0 N–H and O–H groups in total. The van der Waals surface area contributed by atoms with Gasteiger partial charge >= 0.3 is 0 Å². The number of hydrogen-bond acceptors (Lipinski definition) is 0. The SMILES string of the molecule is CC1CCC(C(C)C)C([N+](C)(C)C)C1.[H-]. The molecule has 3 unspecified atom stereocenters. The summed E-state index contributed by atoms with van der Waals surface area (Å²) in [5, 5.41) is 0.